The van der Waals surface area contributed by atoms with Gasteiger partial charge in [-0.05, 0) is 42.8 Å². The number of hydrogen-bond donors (Lipinski definition) is 0. The van der Waals surface area contributed by atoms with E-state index in [2.05, 4.69) is 6.07 Å². The van der Waals surface area contributed by atoms with Crippen LogP contribution in [0, 0.1) is 0 Å². The summed E-state index contributed by atoms with van der Waals surface area (Å²) in [5.41, 5.74) is 3.32. The highest BCUT2D eigenvalue weighted by Gasteiger charge is 2.24. The molecule has 0 saturated carbocycles. The first kappa shape index (κ1) is 16.3. The van der Waals surface area contributed by atoms with Crippen LogP contribution in [0.25, 0.3) is 0 Å². The summed E-state index contributed by atoms with van der Waals surface area (Å²) < 4.78 is 0. The molecule has 2 aromatic carbocycles. The number of likely N-dealkylation sites (N-methyl/N-ethyl adjacent to an activating group) is 1. The van der Waals surface area contributed by atoms with Gasteiger partial charge in [-0.1, -0.05) is 47.5 Å². The summed E-state index contributed by atoms with van der Waals surface area (Å²) in [5.74, 6) is 0.123. The molecule has 2 aromatic rings. The first-order valence-corrected chi connectivity index (χ1v) is 8.31. The summed E-state index contributed by atoms with van der Waals surface area (Å²) in [5, 5.41) is 1.08. The van der Waals surface area contributed by atoms with Crippen molar-refractivity contribution in [1.29, 1.82) is 0 Å². The fourth-order valence-corrected chi connectivity index (χ4v) is 3.24. The van der Waals surface area contributed by atoms with Gasteiger partial charge < -0.3 is 4.90 Å². The molecule has 23 heavy (non-hydrogen) atoms. The Morgan fingerprint density at radius 3 is 2.74 bits per heavy atom. The molecule has 0 spiro atoms. The third-order valence-corrected chi connectivity index (χ3v) is 4.77. The van der Waals surface area contributed by atoms with Gasteiger partial charge >= 0.3 is 0 Å². The number of carbonyl (C=O) groups excluding carboxylic acids is 1. The molecule has 0 aliphatic carbocycles. The van der Waals surface area contributed by atoms with Crippen LogP contribution in [0.4, 0.5) is 5.69 Å². The molecular formula is C18H18Cl2N2O. The lowest BCUT2D eigenvalue weighted by Crippen LogP contribution is -2.37. The van der Waals surface area contributed by atoms with E-state index in [1.165, 1.54) is 5.56 Å². The van der Waals surface area contributed by atoms with Crippen LogP contribution in [-0.4, -0.2) is 30.9 Å². The Labute approximate surface area is 146 Å². The Balaban J connectivity index is 1.63. The fourth-order valence-electron chi connectivity index (χ4n) is 2.92. The molecule has 0 atom stereocenters. The van der Waals surface area contributed by atoms with E-state index in [-0.39, 0.29) is 5.91 Å². The molecule has 1 aliphatic heterocycles. The lowest BCUT2D eigenvalue weighted by molar-refractivity contribution is -0.119. The molecule has 0 unspecified atom stereocenters. The second kappa shape index (κ2) is 6.91. The average molecular weight is 349 g/mol. The number of nitrogens with zero attached hydrogens (tertiary/aromatic N) is 2. The van der Waals surface area contributed by atoms with Gasteiger partial charge in [0.15, 0.2) is 0 Å². The lowest BCUT2D eigenvalue weighted by Gasteiger charge is -2.22. The molecule has 1 amide bonds. The summed E-state index contributed by atoms with van der Waals surface area (Å²) in [6.07, 6.45) is 0.929. The highest BCUT2D eigenvalue weighted by atomic mass is 35.5. The summed E-state index contributed by atoms with van der Waals surface area (Å²) in [7, 11) is 1.93. The Kier molecular flexibility index (Phi) is 4.90. The Morgan fingerprint density at radius 1 is 1.17 bits per heavy atom. The van der Waals surface area contributed by atoms with Crippen molar-refractivity contribution in [3.05, 3.63) is 63.6 Å². The van der Waals surface area contributed by atoms with Crippen molar-refractivity contribution >= 4 is 34.8 Å². The monoisotopic (exact) mass is 348 g/mol. The molecule has 120 valence electrons. The molecule has 0 fully saturated rings. The number of amides is 1. The highest BCUT2D eigenvalue weighted by Crippen LogP contribution is 2.27. The fraction of sp³-hybridized carbons (Fsp3) is 0.278. The quantitative estimate of drug-likeness (QED) is 0.833. The number of fused-ring (bicyclic) bond motifs is 1. The minimum atomic E-state index is 0.123. The molecule has 0 radical (unpaired) electrons. The topological polar surface area (TPSA) is 23.6 Å². The van der Waals surface area contributed by atoms with E-state index >= 15 is 0 Å². The van der Waals surface area contributed by atoms with Crippen LogP contribution in [0.15, 0.2) is 42.5 Å². The summed E-state index contributed by atoms with van der Waals surface area (Å²) in [6.45, 7) is 1.78. The second-order valence-electron chi connectivity index (χ2n) is 5.84. The smallest absolute Gasteiger partial charge is 0.241 e. The van der Waals surface area contributed by atoms with Gasteiger partial charge in [0.1, 0.15) is 0 Å². The Morgan fingerprint density at radius 2 is 1.96 bits per heavy atom. The number of para-hydroxylation sites is 1. The van der Waals surface area contributed by atoms with Gasteiger partial charge in [0, 0.05) is 18.8 Å². The molecule has 3 nitrogen and oxygen atoms in total. The minimum Gasteiger partial charge on any atom is -0.311 e. The van der Waals surface area contributed by atoms with Crippen molar-refractivity contribution in [2.45, 2.75) is 13.0 Å². The van der Waals surface area contributed by atoms with E-state index in [9.17, 15) is 4.79 Å². The predicted octanol–water partition coefficient (Wildman–Crippen LogP) is 4.01. The number of anilines is 1. The third-order valence-electron chi connectivity index (χ3n) is 4.03. The summed E-state index contributed by atoms with van der Waals surface area (Å²) in [4.78, 5) is 16.4. The van der Waals surface area contributed by atoms with Gasteiger partial charge in [-0.3, -0.25) is 9.69 Å². The van der Waals surface area contributed by atoms with Gasteiger partial charge in [0.25, 0.3) is 0 Å². The molecular weight excluding hydrogens is 331 g/mol. The maximum absolute atomic E-state index is 12.6. The van der Waals surface area contributed by atoms with Crippen LogP contribution >= 0.6 is 23.2 Å². The standard InChI is InChI=1S/C18H18Cl2N2O/c1-21(11-13-6-7-15(19)16(20)10-13)12-18(23)22-9-8-14-4-2-3-5-17(14)22/h2-7,10H,8-9,11-12H2,1H3. The van der Waals surface area contributed by atoms with Crippen molar-refractivity contribution in [3.63, 3.8) is 0 Å². The zero-order valence-corrected chi connectivity index (χ0v) is 14.4. The van der Waals surface area contributed by atoms with Crippen LogP contribution in [0.2, 0.25) is 10.0 Å². The van der Waals surface area contributed by atoms with Gasteiger partial charge in [-0.2, -0.15) is 0 Å². The van der Waals surface area contributed by atoms with E-state index in [4.69, 9.17) is 23.2 Å². The first-order valence-electron chi connectivity index (χ1n) is 7.55. The summed E-state index contributed by atoms with van der Waals surface area (Å²) in [6, 6.07) is 13.6. The van der Waals surface area contributed by atoms with E-state index in [0.29, 0.717) is 23.1 Å². The summed E-state index contributed by atoms with van der Waals surface area (Å²) >= 11 is 12.0. The first-order chi connectivity index (χ1) is 11.0. The lowest BCUT2D eigenvalue weighted by atomic mass is 10.2. The van der Waals surface area contributed by atoms with E-state index < -0.39 is 0 Å². The van der Waals surface area contributed by atoms with Crippen molar-refractivity contribution in [2.75, 3.05) is 25.0 Å². The van der Waals surface area contributed by atoms with Crippen LogP contribution in [0.1, 0.15) is 11.1 Å². The van der Waals surface area contributed by atoms with Crippen LogP contribution in [0.5, 0.6) is 0 Å². The number of carbonyl (C=O) groups is 1. The number of halogens is 2. The van der Waals surface area contributed by atoms with Crippen molar-refractivity contribution in [3.8, 4) is 0 Å². The molecule has 5 heteroatoms. The molecule has 0 N–H and O–H groups in total. The van der Waals surface area contributed by atoms with E-state index in [1.54, 1.807) is 6.07 Å². The van der Waals surface area contributed by atoms with Gasteiger partial charge in [-0.25, -0.2) is 0 Å². The predicted molar refractivity (Wildman–Crippen MR) is 95.3 cm³/mol. The normalized spacial score (nSPS) is 13.5. The molecule has 3 rings (SSSR count). The zero-order chi connectivity index (χ0) is 16.4. The van der Waals surface area contributed by atoms with Gasteiger partial charge in [0.05, 0.1) is 16.6 Å². The van der Waals surface area contributed by atoms with Crippen LogP contribution < -0.4 is 4.90 Å². The third kappa shape index (κ3) is 3.69. The molecule has 0 saturated heterocycles. The number of benzene rings is 2. The van der Waals surface area contributed by atoms with Crippen molar-refractivity contribution in [1.82, 2.24) is 4.90 Å². The average Bonchev–Trinajstić information content (AvgIpc) is 2.95. The van der Waals surface area contributed by atoms with E-state index in [0.717, 1.165) is 24.2 Å². The molecule has 0 bridgehead atoms. The van der Waals surface area contributed by atoms with E-state index in [1.807, 2.05) is 47.2 Å². The second-order valence-corrected chi connectivity index (χ2v) is 6.66. The molecule has 0 aromatic heterocycles. The minimum absolute atomic E-state index is 0.123. The zero-order valence-electron chi connectivity index (χ0n) is 12.9. The van der Waals surface area contributed by atoms with Gasteiger partial charge in [-0.15, -0.1) is 0 Å². The van der Waals surface area contributed by atoms with Crippen LogP contribution in [0.3, 0.4) is 0 Å². The van der Waals surface area contributed by atoms with Crippen LogP contribution in [-0.2, 0) is 17.8 Å². The SMILES string of the molecule is CN(CC(=O)N1CCc2ccccc21)Cc1ccc(Cl)c(Cl)c1. The van der Waals surface area contributed by atoms with Crippen molar-refractivity contribution in [2.24, 2.45) is 0 Å². The van der Waals surface area contributed by atoms with Gasteiger partial charge in [0.2, 0.25) is 5.91 Å². The molecule has 1 aliphatic rings. The molecule has 1 heterocycles. The number of hydrogen-bond acceptors (Lipinski definition) is 2. The van der Waals surface area contributed by atoms with Crippen molar-refractivity contribution < 1.29 is 4.79 Å². The highest BCUT2D eigenvalue weighted by molar-refractivity contribution is 6.42. The Bertz CT molecular complexity index is 733. The largest absolute Gasteiger partial charge is 0.311 e. The maximum Gasteiger partial charge on any atom is 0.241 e. The Hall–Kier alpha value is -1.55. The number of rotatable bonds is 4. The maximum atomic E-state index is 12.6.